The summed E-state index contributed by atoms with van der Waals surface area (Å²) in [6, 6.07) is 5.18. The maximum Gasteiger partial charge on any atom is 0.245 e. The fraction of sp³-hybridized carbons (Fsp3) is 0.600. The molecular weight excluding hydrogens is 288 g/mol. The van der Waals surface area contributed by atoms with Gasteiger partial charge in [0.1, 0.15) is 4.90 Å². The van der Waals surface area contributed by atoms with Gasteiger partial charge in [0.25, 0.3) is 0 Å². The molecule has 0 aromatic heterocycles. The maximum atomic E-state index is 12.8. The van der Waals surface area contributed by atoms with E-state index in [-0.39, 0.29) is 11.0 Å². The quantitative estimate of drug-likeness (QED) is 0.846. The van der Waals surface area contributed by atoms with Crippen molar-refractivity contribution in [2.24, 2.45) is 0 Å². The highest BCUT2D eigenvalue weighted by atomic mass is 32.2. The van der Waals surface area contributed by atoms with E-state index in [4.69, 9.17) is 10.5 Å². The lowest BCUT2D eigenvalue weighted by Crippen LogP contribution is -2.43. The molecule has 0 bridgehead atoms. The van der Waals surface area contributed by atoms with E-state index in [1.165, 1.54) is 4.31 Å². The Morgan fingerprint density at radius 3 is 2.86 bits per heavy atom. The average molecular weight is 312 g/mol. The van der Waals surface area contributed by atoms with Crippen molar-refractivity contribution in [3.8, 4) is 0 Å². The number of hydrogen-bond acceptors (Lipinski definition) is 4. The van der Waals surface area contributed by atoms with Crippen molar-refractivity contribution in [1.29, 1.82) is 0 Å². The molecule has 2 N–H and O–H groups in total. The molecule has 6 heteroatoms. The first kappa shape index (κ1) is 16.3. The zero-order valence-electron chi connectivity index (χ0n) is 12.7. The summed E-state index contributed by atoms with van der Waals surface area (Å²) in [4.78, 5) is 0.237. The number of benzene rings is 1. The molecule has 1 saturated heterocycles. The molecule has 0 aliphatic carbocycles. The molecular formula is C15H24N2O3S. The number of aryl methyl sites for hydroxylation is 1. The van der Waals surface area contributed by atoms with E-state index in [1.54, 1.807) is 25.1 Å². The van der Waals surface area contributed by atoms with Crippen LogP contribution in [0.25, 0.3) is 0 Å². The van der Waals surface area contributed by atoms with Crippen molar-refractivity contribution in [3.63, 3.8) is 0 Å². The molecule has 1 heterocycles. The number of nitrogens with two attached hydrogens (primary N) is 1. The van der Waals surface area contributed by atoms with Gasteiger partial charge < -0.3 is 10.5 Å². The molecule has 1 aliphatic rings. The van der Waals surface area contributed by atoms with Gasteiger partial charge in [-0.05, 0) is 37.8 Å². The second-order valence-corrected chi connectivity index (χ2v) is 7.37. The van der Waals surface area contributed by atoms with Gasteiger partial charge in [0.15, 0.2) is 0 Å². The number of rotatable bonds is 5. The Labute approximate surface area is 127 Å². The SMILES string of the molecule is CCCOC1CCCN(S(=O)(=O)c2c(C)cccc2N)C1. The van der Waals surface area contributed by atoms with E-state index in [1.807, 2.05) is 6.92 Å². The lowest BCUT2D eigenvalue weighted by molar-refractivity contribution is 0.0193. The van der Waals surface area contributed by atoms with Gasteiger partial charge in [-0.2, -0.15) is 4.31 Å². The van der Waals surface area contributed by atoms with E-state index in [0.29, 0.717) is 30.9 Å². The monoisotopic (exact) mass is 312 g/mol. The van der Waals surface area contributed by atoms with Crippen molar-refractivity contribution in [2.45, 2.75) is 44.1 Å². The van der Waals surface area contributed by atoms with Gasteiger partial charge in [0, 0.05) is 19.7 Å². The fourth-order valence-electron chi connectivity index (χ4n) is 2.70. The number of nitrogen functional groups attached to an aromatic ring is 1. The minimum absolute atomic E-state index is 0.0151. The minimum Gasteiger partial charge on any atom is -0.398 e. The number of ether oxygens (including phenoxy) is 1. The van der Waals surface area contributed by atoms with Crippen molar-refractivity contribution in [3.05, 3.63) is 23.8 Å². The van der Waals surface area contributed by atoms with Crippen molar-refractivity contribution in [2.75, 3.05) is 25.4 Å². The number of piperidine rings is 1. The topological polar surface area (TPSA) is 72.6 Å². The Morgan fingerprint density at radius 2 is 2.19 bits per heavy atom. The molecule has 21 heavy (non-hydrogen) atoms. The summed E-state index contributed by atoms with van der Waals surface area (Å²) in [5.74, 6) is 0. The summed E-state index contributed by atoms with van der Waals surface area (Å²) in [6.45, 7) is 5.44. The van der Waals surface area contributed by atoms with Gasteiger partial charge >= 0.3 is 0 Å². The zero-order chi connectivity index (χ0) is 15.5. The Bertz CT molecular complexity index is 566. The highest BCUT2D eigenvalue weighted by Gasteiger charge is 2.32. The van der Waals surface area contributed by atoms with Crippen LogP contribution in [-0.2, 0) is 14.8 Å². The van der Waals surface area contributed by atoms with E-state index >= 15 is 0 Å². The molecule has 1 aromatic carbocycles. The molecule has 0 radical (unpaired) electrons. The molecule has 0 saturated carbocycles. The fourth-order valence-corrected chi connectivity index (χ4v) is 4.53. The van der Waals surface area contributed by atoms with Gasteiger partial charge in [-0.25, -0.2) is 8.42 Å². The van der Waals surface area contributed by atoms with Crippen LogP contribution >= 0.6 is 0 Å². The van der Waals surface area contributed by atoms with E-state index in [2.05, 4.69) is 0 Å². The second-order valence-electron chi connectivity index (χ2n) is 5.49. The van der Waals surface area contributed by atoms with Crippen molar-refractivity contribution < 1.29 is 13.2 Å². The van der Waals surface area contributed by atoms with Crippen LogP contribution in [0.4, 0.5) is 5.69 Å². The van der Waals surface area contributed by atoms with Gasteiger partial charge in [-0.1, -0.05) is 19.1 Å². The third-order valence-electron chi connectivity index (χ3n) is 3.74. The van der Waals surface area contributed by atoms with Crippen molar-refractivity contribution >= 4 is 15.7 Å². The van der Waals surface area contributed by atoms with E-state index in [0.717, 1.165) is 19.3 Å². The molecule has 5 nitrogen and oxygen atoms in total. The summed E-state index contributed by atoms with van der Waals surface area (Å²) < 4.78 is 32.9. The minimum atomic E-state index is -3.55. The molecule has 118 valence electrons. The van der Waals surface area contributed by atoms with Gasteiger partial charge in [0.2, 0.25) is 10.0 Å². The Hall–Kier alpha value is -1.11. The molecule has 0 amide bonds. The maximum absolute atomic E-state index is 12.8. The van der Waals surface area contributed by atoms with Crippen LogP contribution < -0.4 is 5.73 Å². The first-order chi connectivity index (χ1) is 9.96. The predicted molar refractivity (Wildman–Crippen MR) is 83.6 cm³/mol. The standard InChI is InChI=1S/C15H24N2O3S/c1-3-10-20-13-7-5-9-17(11-13)21(18,19)15-12(2)6-4-8-14(15)16/h4,6,8,13H,3,5,7,9-11,16H2,1-2H3. The molecule has 1 aromatic rings. The van der Waals surface area contributed by atoms with Crippen LogP contribution in [-0.4, -0.2) is 38.5 Å². The van der Waals surface area contributed by atoms with Gasteiger partial charge in [-0.15, -0.1) is 0 Å². The average Bonchev–Trinajstić information content (AvgIpc) is 2.45. The molecule has 1 atom stereocenters. The van der Waals surface area contributed by atoms with E-state index < -0.39 is 10.0 Å². The normalized spacial score (nSPS) is 20.6. The lowest BCUT2D eigenvalue weighted by atomic mass is 10.1. The second kappa shape index (κ2) is 6.77. The number of sulfonamides is 1. The first-order valence-corrected chi connectivity index (χ1v) is 8.87. The highest BCUT2D eigenvalue weighted by molar-refractivity contribution is 7.89. The van der Waals surface area contributed by atoms with Crippen LogP contribution in [0.3, 0.4) is 0 Å². The molecule has 1 unspecified atom stereocenters. The smallest absolute Gasteiger partial charge is 0.245 e. The third kappa shape index (κ3) is 3.56. The Kier molecular flexibility index (Phi) is 5.24. The lowest BCUT2D eigenvalue weighted by Gasteiger charge is -2.32. The predicted octanol–water partition coefficient (Wildman–Crippen LogP) is 2.16. The summed E-state index contributed by atoms with van der Waals surface area (Å²) >= 11 is 0. The van der Waals surface area contributed by atoms with Crippen LogP contribution in [0.15, 0.2) is 23.1 Å². The Balaban J connectivity index is 2.23. The largest absolute Gasteiger partial charge is 0.398 e. The highest BCUT2D eigenvalue weighted by Crippen LogP contribution is 2.28. The summed E-state index contributed by atoms with van der Waals surface area (Å²) in [5, 5.41) is 0. The molecule has 1 fully saturated rings. The number of hydrogen-bond donors (Lipinski definition) is 1. The molecule has 1 aliphatic heterocycles. The van der Waals surface area contributed by atoms with Gasteiger partial charge in [0.05, 0.1) is 11.8 Å². The number of nitrogens with zero attached hydrogens (tertiary/aromatic N) is 1. The van der Waals surface area contributed by atoms with E-state index in [9.17, 15) is 8.42 Å². The first-order valence-electron chi connectivity index (χ1n) is 7.43. The molecule has 2 rings (SSSR count). The molecule has 0 spiro atoms. The summed E-state index contributed by atoms with van der Waals surface area (Å²) in [6.07, 6.45) is 2.65. The van der Waals surface area contributed by atoms with Crippen LogP contribution in [0.5, 0.6) is 0 Å². The van der Waals surface area contributed by atoms with Crippen LogP contribution in [0, 0.1) is 6.92 Å². The van der Waals surface area contributed by atoms with Crippen LogP contribution in [0.2, 0.25) is 0 Å². The Morgan fingerprint density at radius 1 is 1.43 bits per heavy atom. The summed E-state index contributed by atoms with van der Waals surface area (Å²) in [7, 11) is -3.55. The van der Waals surface area contributed by atoms with Crippen LogP contribution in [0.1, 0.15) is 31.7 Å². The summed E-state index contributed by atoms with van der Waals surface area (Å²) in [5.41, 5.74) is 6.89. The zero-order valence-corrected chi connectivity index (χ0v) is 13.5. The third-order valence-corrected chi connectivity index (χ3v) is 5.82. The number of anilines is 1. The van der Waals surface area contributed by atoms with Gasteiger partial charge in [-0.3, -0.25) is 0 Å². The van der Waals surface area contributed by atoms with Crippen molar-refractivity contribution in [1.82, 2.24) is 4.31 Å².